The maximum Gasteiger partial charge on any atom is 0.257 e. The largest absolute Gasteiger partial charge is 0.349 e. The van der Waals surface area contributed by atoms with E-state index < -0.39 is 0 Å². The molecule has 7 heteroatoms. The lowest BCUT2D eigenvalue weighted by molar-refractivity contribution is -0.116. The highest BCUT2D eigenvalue weighted by Crippen LogP contribution is 2.44. The van der Waals surface area contributed by atoms with E-state index in [2.05, 4.69) is 31.9 Å². The molecule has 0 radical (unpaired) electrons. The number of rotatable bonds is 3. The molecule has 2 aromatic heterocycles. The Balaban J connectivity index is 1.46. The van der Waals surface area contributed by atoms with Crippen molar-refractivity contribution in [1.29, 1.82) is 0 Å². The lowest BCUT2D eigenvalue weighted by atomic mass is 9.96. The molecule has 7 nitrogen and oxygen atoms in total. The number of benzene rings is 2. The van der Waals surface area contributed by atoms with Gasteiger partial charge in [-0.3, -0.25) is 9.59 Å². The van der Waals surface area contributed by atoms with E-state index in [1.54, 1.807) is 6.07 Å². The molecule has 0 fully saturated rings. The molecule has 4 aromatic rings. The van der Waals surface area contributed by atoms with Crippen LogP contribution in [0, 0.1) is 6.92 Å². The normalized spacial score (nSPS) is 16.8. The van der Waals surface area contributed by atoms with Crippen LogP contribution in [0.25, 0.3) is 10.9 Å². The maximum absolute atomic E-state index is 13.4. The summed E-state index contributed by atoms with van der Waals surface area (Å²) in [5, 5.41) is 4.07. The maximum atomic E-state index is 13.4. The number of anilines is 2. The number of aromatic nitrogens is 2. The molecule has 170 valence electrons. The summed E-state index contributed by atoms with van der Waals surface area (Å²) in [5.74, 6) is 0.425. The van der Waals surface area contributed by atoms with Crippen LogP contribution in [0.1, 0.15) is 33.5 Å². The summed E-state index contributed by atoms with van der Waals surface area (Å²) in [7, 11) is 2.02. The third kappa shape index (κ3) is 3.08. The van der Waals surface area contributed by atoms with E-state index in [0.717, 1.165) is 40.0 Å². The molecule has 0 saturated carbocycles. The molecule has 1 N–H and O–H groups in total. The van der Waals surface area contributed by atoms with Gasteiger partial charge in [-0.2, -0.15) is 0 Å². The van der Waals surface area contributed by atoms with Gasteiger partial charge in [-0.15, -0.1) is 0 Å². The highest BCUT2D eigenvalue weighted by Gasteiger charge is 2.42. The van der Waals surface area contributed by atoms with Crippen LogP contribution in [0.2, 0.25) is 0 Å². The lowest BCUT2D eigenvalue weighted by Crippen LogP contribution is -2.51. The Morgan fingerprint density at radius 1 is 1.06 bits per heavy atom. The minimum atomic E-state index is -0.275. The van der Waals surface area contributed by atoms with E-state index >= 15 is 0 Å². The van der Waals surface area contributed by atoms with Crippen molar-refractivity contribution in [2.45, 2.75) is 26.1 Å². The summed E-state index contributed by atoms with van der Waals surface area (Å²) in [5.41, 5.74) is 5.68. The molecular formula is C27H25N5O2. The van der Waals surface area contributed by atoms with Crippen molar-refractivity contribution in [3.63, 3.8) is 0 Å². The Morgan fingerprint density at radius 3 is 2.71 bits per heavy atom. The van der Waals surface area contributed by atoms with E-state index in [9.17, 15) is 9.59 Å². The van der Waals surface area contributed by atoms with Gasteiger partial charge in [0.05, 0.1) is 16.9 Å². The Hall–Kier alpha value is -4.13. The first-order valence-corrected chi connectivity index (χ1v) is 11.5. The second kappa shape index (κ2) is 7.73. The smallest absolute Gasteiger partial charge is 0.257 e. The molecule has 0 bridgehead atoms. The molecule has 4 heterocycles. The number of para-hydroxylation sites is 2. The number of amides is 2. The predicted octanol–water partition coefficient (Wildman–Crippen LogP) is 4.13. The van der Waals surface area contributed by atoms with Crippen molar-refractivity contribution in [3.8, 4) is 0 Å². The van der Waals surface area contributed by atoms with Gasteiger partial charge in [0.1, 0.15) is 18.5 Å². The number of hydrogen-bond donors (Lipinski definition) is 1. The molecule has 2 aliphatic rings. The third-order valence-electron chi connectivity index (χ3n) is 6.86. The first-order chi connectivity index (χ1) is 16.5. The SMILES string of the molecule is Cc1cccc(NC(=O)Cn2c3c(c4ccccc42)CCN2C(=O)c4ccccc4N(C)C32)n1. The van der Waals surface area contributed by atoms with Crippen LogP contribution in [0.3, 0.4) is 0 Å². The Bertz CT molecular complexity index is 1460. The predicted molar refractivity (Wildman–Crippen MR) is 132 cm³/mol. The van der Waals surface area contributed by atoms with Crippen LogP contribution in [0.5, 0.6) is 0 Å². The van der Waals surface area contributed by atoms with Gasteiger partial charge in [-0.25, -0.2) is 4.98 Å². The molecule has 2 amide bonds. The van der Waals surface area contributed by atoms with Gasteiger partial charge < -0.3 is 19.7 Å². The Morgan fingerprint density at radius 2 is 1.85 bits per heavy atom. The minimum Gasteiger partial charge on any atom is -0.349 e. The fourth-order valence-electron chi connectivity index (χ4n) is 5.42. The van der Waals surface area contributed by atoms with E-state index in [1.807, 2.05) is 67.4 Å². The van der Waals surface area contributed by atoms with E-state index in [0.29, 0.717) is 12.4 Å². The zero-order chi connectivity index (χ0) is 23.4. The van der Waals surface area contributed by atoms with Crippen LogP contribution in [0.15, 0.2) is 66.7 Å². The summed E-state index contributed by atoms with van der Waals surface area (Å²) in [6, 6.07) is 21.5. The fraction of sp³-hybridized carbons (Fsp3) is 0.222. The van der Waals surface area contributed by atoms with Crippen molar-refractivity contribution in [2.75, 3.05) is 23.8 Å². The van der Waals surface area contributed by atoms with E-state index in [4.69, 9.17) is 0 Å². The molecule has 1 unspecified atom stereocenters. The zero-order valence-corrected chi connectivity index (χ0v) is 19.2. The number of aryl methyl sites for hydroxylation is 1. The van der Waals surface area contributed by atoms with Crippen LogP contribution in [0.4, 0.5) is 11.5 Å². The van der Waals surface area contributed by atoms with Gasteiger partial charge in [0.2, 0.25) is 5.91 Å². The van der Waals surface area contributed by atoms with Crippen molar-refractivity contribution < 1.29 is 9.59 Å². The highest BCUT2D eigenvalue weighted by molar-refractivity contribution is 6.03. The Kier molecular flexibility index (Phi) is 4.65. The van der Waals surface area contributed by atoms with Crippen molar-refractivity contribution in [1.82, 2.24) is 14.5 Å². The molecule has 0 saturated heterocycles. The Labute approximate surface area is 197 Å². The van der Waals surface area contributed by atoms with Crippen molar-refractivity contribution in [3.05, 3.63) is 89.2 Å². The number of pyridine rings is 1. The fourth-order valence-corrected chi connectivity index (χ4v) is 5.42. The van der Waals surface area contributed by atoms with Gasteiger partial charge in [-0.1, -0.05) is 36.4 Å². The number of fused-ring (bicyclic) bond motifs is 6. The first kappa shape index (κ1) is 20.5. The monoisotopic (exact) mass is 451 g/mol. The average Bonchev–Trinajstić information content (AvgIpc) is 3.16. The lowest BCUT2D eigenvalue weighted by Gasteiger charge is -2.46. The highest BCUT2D eigenvalue weighted by atomic mass is 16.2. The van der Waals surface area contributed by atoms with E-state index in [1.165, 1.54) is 5.56 Å². The average molecular weight is 452 g/mol. The molecular weight excluding hydrogens is 426 g/mol. The molecule has 0 spiro atoms. The van der Waals surface area contributed by atoms with Gasteiger partial charge in [0, 0.05) is 30.2 Å². The van der Waals surface area contributed by atoms with Gasteiger partial charge in [0.25, 0.3) is 5.91 Å². The topological polar surface area (TPSA) is 70.5 Å². The summed E-state index contributed by atoms with van der Waals surface area (Å²) in [6.07, 6.45) is 0.478. The van der Waals surface area contributed by atoms with Crippen LogP contribution < -0.4 is 10.2 Å². The van der Waals surface area contributed by atoms with Crippen LogP contribution in [-0.2, 0) is 17.8 Å². The molecule has 6 rings (SSSR count). The van der Waals surface area contributed by atoms with Gasteiger partial charge >= 0.3 is 0 Å². The van der Waals surface area contributed by atoms with E-state index in [-0.39, 0.29) is 24.5 Å². The summed E-state index contributed by atoms with van der Waals surface area (Å²) in [6.45, 7) is 2.68. The standard InChI is InChI=1S/C27H25N5O2/c1-17-8-7-13-23(28-17)29-24(33)16-32-22-12-6-3-9-18(22)19-14-15-31-26(25(19)32)30(2)21-11-5-4-10-20(21)27(31)34/h3-13,26H,14-16H2,1-2H3,(H,28,29,33). The third-order valence-corrected chi connectivity index (χ3v) is 6.86. The van der Waals surface area contributed by atoms with Gasteiger partial charge in [-0.05, 0) is 49.2 Å². The molecule has 34 heavy (non-hydrogen) atoms. The minimum absolute atomic E-state index is 0.0366. The molecule has 0 aliphatic carbocycles. The number of carbonyl (C=O) groups is 2. The van der Waals surface area contributed by atoms with Gasteiger partial charge in [0.15, 0.2) is 0 Å². The number of nitrogens with zero attached hydrogens (tertiary/aromatic N) is 4. The van der Waals surface area contributed by atoms with Crippen LogP contribution >= 0.6 is 0 Å². The van der Waals surface area contributed by atoms with Crippen LogP contribution in [-0.4, -0.2) is 39.9 Å². The summed E-state index contributed by atoms with van der Waals surface area (Å²) < 4.78 is 2.07. The molecule has 1 atom stereocenters. The zero-order valence-electron chi connectivity index (χ0n) is 19.2. The molecule has 2 aromatic carbocycles. The number of carbonyl (C=O) groups excluding carboxylic acids is 2. The molecule has 2 aliphatic heterocycles. The summed E-state index contributed by atoms with van der Waals surface area (Å²) >= 11 is 0. The first-order valence-electron chi connectivity index (χ1n) is 11.5. The van der Waals surface area contributed by atoms with Crippen molar-refractivity contribution >= 4 is 34.2 Å². The quantitative estimate of drug-likeness (QED) is 0.509. The van der Waals surface area contributed by atoms with Crippen molar-refractivity contribution in [2.24, 2.45) is 0 Å². The summed E-state index contributed by atoms with van der Waals surface area (Å²) in [4.78, 5) is 35.1. The second-order valence-corrected chi connectivity index (χ2v) is 8.93. The number of nitrogens with one attached hydrogen (secondary N) is 1. The number of hydrogen-bond acceptors (Lipinski definition) is 4. The second-order valence-electron chi connectivity index (χ2n) is 8.93.